The number of thiocarbonyl (C=S) groups is 1. The molecule has 1 saturated heterocycles. The van der Waals surface area contributed by atoms with Crippen LogP contribution in [0.3, 0.4) is 0 Å². The second-order valence-corrected chi connectivity index (χ2v) is 7.05. The Balaban J connectivity index is 1.96. The predicted molar refractivity (Wildman–Crippen MR) is 102 cm³/mol. The molecule has 0 aromatic carbocycles. The first-order chi connectivity index (χ1) is 11.6. The standard InChI is InChI=1S/C19H26N4S/c1-4-5-11-23-18(15-9-12-22(13-15)14(2)3)17(21-19(23)24)16-8-6-7-10-20-16/h6-10,12-14,17-18H,4-5,11H2,1-3H3,(H,21,24)/t17-,18-/m0/s1. The molecule has 4 nitrogen and oxygen atoms in total. The third kappa shape index (κ3) is 3.31. The molecule has 128 valence electrons. The monoisotopic (exact) mass is 342 g/mol. The van der Waals surface area contributed by atoms with Crippen LogP contribution in [-0.4, -0.2) is 26.1 Å². The molecule has 1 N–H and O–H groups in total. The third-order valence-electron chi connectivity index (χ3n) is 4.63. The Hall–Kier alpha value is -1.88. The van der Waals surface area contributed by atoms with E-state index in [9.17, 15) is 0 Å². The fourth-order valence-electron chi connectivity index (χ4n) is 3.26. The van der Waals surface area contributed by atoms with E-state index in [0.29, 0.717) is 6.04 Å². The Morgan fingerprint density at radius 2 is 2.12 bits per heavy atom. The van der Waals surface area contributed by atoms with Gasteiger partial charge in [-0.1, -0.05) is 19.4 Å². The second kappa shape index (κ2) is 7.34. The van der Waals surface area contributed by atoms with E-state index in [1.807, 2.05) is 18.3 Å². The first kappa shape index (κ1) is 17.0. The number of pyridine rings is 1. The lowest BCUT2D eigenvalue weighted by Gasteiger charge is -2.27. The lowest BCUT2D eigenvalue weighted by molar-refractivity contribution is 0.312. The molecule has 1 fully saturated rings. The van der Waals surface area contributed by atoms with E-state index in [4.69, 9.17) is 12.2 Å². The third-order valence-corrected chi connectivity index (χ3v) is 4.98. The normalized spacial score (nSPS) is 20.7. The maximum Gasteiger partial charge on any atom is 0.170 e. The van der Waals surface area contributed by atoms with Crippen LogP contribution in [0.5, 0.6) is 0 Å². The van der Waals surface area contributed by atoms with Crippen molar-refractivity contribution in [2.24, 2.45) is 0 Å². The molecular weight excluding hydrogens is 316 g/mol. The maximum absolute atomic E-state index is 5.65. The molecule has 2 aromatic heterocycles. The van der Waals surface area contributed by atoms with Crippen molar-refractivity contribution in [3.05, 3.63) is 54.1 Å². The summed E-state index contributed by atoms with van der Waals surface area (Å²) >= 11 is 5.65. The number of aromatic nitrogens is 2. The minimum Gasteiger partial charge on any atom is -0.352 e. The zero-order chi connectivity index (χ0) is 17.1. The molecule has 1 aliphatic rings. The number of nitrogens with one attached hydrogen (secondary N) is 1. The molecule has 1 aliphatic heterocycles. The number of rotatable bonds is 6. The Kier molecular flexibility index (Phi) is 5.19. The van der Waals surface area contributed by atoms with Crippen LogP contribution < -0.4 is 5.32 Å². The van der Waals surface area contributed by atoms with Gasteiger partial charge < -0.3 is 14.8 Å². The van der Waals surface area contributed by atoms with Gasteiger partial charge >= 0.3 is 0 Å². The van der Waals surface area contributed by atoms with Gasteiger partial charge in [-0.2, -0.15) is 0 Å². The summed E-state index contributed by atoms with van der Waals surface area (Å²) in [6, 6.07) is 9.04. The summed E-state index contributed by atoms with van der Waals surface area (Å²) in [6.07, 6.45) is 8.56. The van der Waals surface area contributed by atoms with Gasteiger partial charge in [0.2, 0.25) is 0 Å². The lowest BCUT2D eigenvalue weighted by Crippen LogP contribution is -2.30. The van der Waals surface area contributed by atoms with Crippen molar-refractivity contribution in [3.63, 3.8) is 0 Å². The van der Waals surface area contributed by atoms with Crippen LogP contribution in [0.2, 0.25) is 0 Å². The average molecular weight is 343 g/mol. The highest BCUT2D eigenvalue weighted by atomic mass is 32.1. The molecule has 0 aliphatic carbocycles. The summed E-state index contributed by atoms with van der Waals surface area (Å²) in [6.45, 7) is 7.59. The molecule has 3 heterocycles. The highest BCUT2D eigenvalue weighted by molar-refractivity contribution is 7.80. The molecular formula is C19H26N4S. The van der Waals surface area contributed by atoms with Gasteiger partial charge in [0.15, 0.2) is 5.11 Å². The molecule has 2 aromatic rings. The Bertz CT molecular complexity index is 680. The molecule has 0 unspecified atom stereocenters. The van der Waals surface area contributed by atoms with E-state index in [1.165, 1.54) is 5.56 Å². The average Bonchev–Trinajstić information content (AvgIpc) is 3.18. The summed E-state index contributed by atoms with van der Waals surface area (Å²) in [5.41, 5.74) is 2.34. The van der Waals surface area contributed by atoms with Crippen molar-refractivity contribution in [2.45, 2.75) is 51.7 Å². The van der Waals surface area contributed by atoms with Gasteiger partial charge in [-0.15, -0.1) is 0 Å². The SMILES string of the molecule is CCCCN1C(=S)N[C@@H](c2ccccn2)[C@@H]1c1ccn(C(C)C)c1. The van der Waals surface area contributed by atoms with Gasteiger partial charge in [0, 0.05) is 31.2 Å². The topological polar surface area (TPSA) is 33.1 Å². The highest BCUT2D eigenvalue weighted by Crippen LogP contribution is 2.38. The summed E-state index contributed by atoms with van der Waals surface area (Å²) < 4.78 is 2.25. The second-order valence-electron chi connectivity index (χ2n) is 6.66. The summed E-state index contributed by atoms with van der Waals surface area (Å²) in [5, 5.41) is 4.34. The van der Waals surface area contributed by atoms with Crippen LogP contribution in [0.1, 0.15) is 63.0 Å². The van der Waals surface area contributed by atoms with Crippen LogP contribution >= 0.6 is 12.2 Å². The van der Waals surface area contributed by atoms with Gasteiger partial charge in [0.05, 0.1) is 17.8 Å². The van der Waals surface area contributed by atoms with E-state index in [-0.39, 0.29) is 12.1 Å². The highest BCUT2D eigenvalue weighted by Gasteiger charge is 2.39. The quantitative estimate of drug-likeness (QED) is 0.796. The van der Waals surface area contributed by atoms with Gasteiger partial charge in [-0.3, -0.25) is 4.98 Å². The zero-order valence-electron chi connectivity index (χ0n) is 14.6. The summed E-state index contributed by atoms with van der Waals surface area (Å²) in [4.78, 5) is 6.90. The Morgan fingerprint density at radius 1 is 1.29 bits per heavy atom. The van der Waals surface area contributed by atoms with Crippen molar-refractivity contribution in [1.82, 2.24) is 19.8 Å². The summed E-state index contributed by atoms with van der Waals surface area (Å²) in [5.74, 6) is 0. The molecule has 0 radical (unpaired) electrons. The lowest BCUT2D eigenvalue weighted by atomic mass is 9.99. The van der Waals surface area contributed by atoms with Crippen LogP contribution in [0.4, 0.5) is 0 Å². The minimum atomic E-state index is 0.0959. The Labute approximate surface area is 149 Å². The van der Waals surface area contributed by atoms with Crippen LogP contribution in [0.15, 0.2) is 42.9 Å². The molecule has 2 atom stereocenters. The maximum atomic E-state index is 5.65. The Morgan fingerprint density at radius 3 is 2.75 bits per heavy atom. The molecule has 24 heavy (non-hydrogen) atoms. The van der Waals surface area contributed by atoms with Crippen LogP contribution in [-0.2, 0) is 0 Å². The van der Waals surface area contributed by atoms with Gasteiger partial charge in [0.25, 0.3) is 0 Å². The van der Waals surface area contributed by atoms with Gasteiger partial charge in [0.1, 0.15) is 0 Å². The van der Waals surface area contributed by atoms with E-state index < -0.39 is 0 Å². The van der Waals surface area contributed by atoms with Crippen molar-refractivity contribution in [1.29, 1.82) is 0 Å². The van der Waals surface area contributed by atoms with Crippen molar-refractivity contribution in [3.8, 4) is 0 Å². The van der Waals surface area contributed by atoms with E-state index in [0.717, 1.165) is 30.2 Å². The van der Waals surface area contributed by atoms with Crippen molar-refractivity contribution in [2.75, 3.05) is 6.54 Å². The van der Waals surface area contributed by atoms with Crippen LogP contribution in [0.25, 0.3) is 0 Å². The zero-order valence-corrected chi connectivity index (χ0v) is 15.5. The first-order valence-electron chi connectivity index (χ1n) is 8.77. The van der Waals surface area contributed by atoms with Gasteiger partial charge in [-0.05, 0) is 56.2 Å². The largest absolute Gasteiger partial charge is 0.352 e. The molecule has 3 rings (SSSR count). The minimum absolute atomic E-state index is 0.0959. The van der Waals surface area contributed by atoms with Crippen molar-refractivity contribution >= 4 is 17.3 Å². The molecule has 0 saturated carbocycles. The molecule has 0 spiro atoms. The van der Waals surface area contributed by atoms with Crippen LogP contribution in [0, 0.1) is 0 Å². The van der Waals surface area contributed by atoms with Gasteiger partial charge in [-0.25, -0.2) is 0 Å². The van der Waals surface area contributed by atoms with E-state index in [2.05, 4.69) is 65.1 Å². The molecule has 5 heteroatoms. The predicted octanol–water partition coefficient (Wildman–Crippen LogP) is 4.24. The summed E-state index contributed by atoms with van der Waals surface area (Å²) in [7, 11) is 0. The molecule has 0 amide bonds. The number of unbranched alkanes of at least 4 members (excludes halogenated alkanes) is 1. The number of hydrogen-bond acceptors (Lipinski definition) is 2. The van der Waals surface area contributed by atoms with Crippen molar-refractivity contribution < 1.29 is 0 Å². The van der Waals surface area contributed by atoms with E-state index in [1.54, 1.807) is 0 Å². The molecule has 0 bridgehead atoms. The fourth-order valence-corrected chi connectivity index (χ4v) is 3.60. The smallest absolute Gasteiger partial charge is 0.170 e. The number of hydrogen-bond donors (Lipinski definition) is 1. The number of nitrogens with zero attached hydrogens (tertiary/aromatic N) is 3. The fraction of sp³-hybridized carbons (Fsp3) is 0.474. The van der Waals surface area contributed by atoms with E-state index >= 15 is 0 Å². The first-order valence-corrected chi connectivity index (χ1v) is 9.18.